The highest BCUT2D eigenvalue weighted by atomic mass is 32.1. The molecule has 0 amide bonds. The monoisotopic (exact) mass is 380 g/mol. The van der Waals surface area contributed by atoms with Crippen LogP contribution >= 0.6 is 12.2 Å². The number of anilines is 1. The van der Waals surface area contributed by atoms with E-state index >= 15 is 0 Å². The van der Waals surface area contributed by atoms with Gasteiger partial charge in [0.1, 0.15) is 0 Å². The minimum atomic E-state index is 0.109. The van der Waals surface area contributed by atoms with E-state index in [1.807, 2.05) is 31.3 Å². The summed E-state index contributed by atoms with van der Waals surface area (Å²) in [4.78, 5) is 16.3. The highest BCUT2D eigenvalue weighted by Gasteiger charge is 2.19. The van der Waals surface area contributed by atoms with Gasteiger partial charge in [-0.25, -0.2) is 0 Å². The highest BCUT2D eigenvalue weighted by molar-refractivity contribution is 7.71. The molecule has 1 saturated heterocycles. The zero-order valence-electron chi connectivity index (χ0n) is 15.8. The van der Waals surface area contributed by atoms with Crippen molar-refractivity contribution in [2.45, 2.75) is 13.6 Å². The lowest BCUT2D eigenvalue weighted by atomic mass is 10.1. The molecule has 0 aliphatic carbocycles. The summed E-state index contributed by atoms with van der Waals surface area (Å²) in [5.41, 5.74) is 4.31. The SMILES string of the molecule is CC(=O)c1ccc(N2CCN(Cn3c(=S)n(C)c4ccccc43)CC2)cc1. The van der Waals surface area contributed by atoms with Crippen molar-refractivity contribution < 1.29 is 4.79 Å². The Bertz CT molecular complexity index is 1030. The van der Waals surface area contributed by atoms with Crippen molar-refractivity contribution in [1.82, 2.24) is 14.0 Å². The van der Waals surface area contributed by atoms with Gasteiger partial charge >= 0.3 is 0 Å². The summed E-state index contributed by atoms with van der Waals surface area (Å²) in [5, 5.41) is 0. The molecule has 0 radical (unpaired) electrons. The Balaban J connectivity index is 1.45. The van der Waals surface area contributed by atoms with Crippen LogP contribution in [0.3, 0.4) is 0 Å². The molecule has 2 heterocycles. The zero-order valence-corrected chi connectivity index (χ0v) is 16.6. The van der Waals surface area contributed by atoms with Crippen molar-refractivity contribution in [3.8, 4) is 0 Å². The van der Waals surface area contributed by atoms with Crippen LogP contribution in [0.2, 0.25) is 0 Å². The number of carbonyl (C=O) groups excluding carboxylic acids is 1. The molecule has 3 aromatic rings. The summed E-state index contributed by atoms with van der Waals surface area (Å²) >= 11 is 5.66. The van der Waals surface area contributed by atoms with E-state index in [9.17, 15) is 4.79 Å². The molecule has 0 unspecified atom stereocenters. The van der Waals surface area contributed by atoms with E-state index < -0.39 is 0 Å². The molecule has 5 nitrogen and oxygen atoms in total. The van der Waals surface area contributed by atoms with Gasteiger partial charge in [-0.2, -0.15) is 0 Å². The van der Waals surface area contributed by atoms with Crippen LogP contribution in [0, 0.1) is 4.77 Å². The van der Waals surface area contributed by atoms with Crippen molar-refractivity contribution in [3.05, 3.63) is 58.9 Å². The predicted molar refractivity (Wildman–Crippen MR) is 112 cm³/mol. The minimum absolute atomic E-state index is 0.109. The molecular weight excluding hydrogens is 356 g/mol. The van der Waals surface area contributed by atoms with Gasteiger partial charge in [0.15, 0.2) is 10.6 Å². The first-order valence-corrected chi connectivity index (χ1v) is 9.68. The first kappa shape index (κ1) is 17.9. The Morgan fingerprint density at radius 1 is 0.963 bits per heavy atom. The maximum absolute atomic E-state index is 11.4. The molecule has 0 atom stereocenters. The van der Waals surface area contributed by atoms with E-state index in [4.69, 9.17) is 12.2 Å². The van der Waals surface area contributed by atoms with Crippen LogP contribution in [-0.2, 0) is 13.7 Å². The third-order valence-corrected chi connectivity index (χ3v) is 5.90. The number of hydrogen-bond donors (Lipinski definition) is 0. The van der Waals surface area contributed by atoms with Crippen LogP contribution in [0.15, 0.2) is 48.5 Å². The molecule has 0 saturated carbocycles. The number of fused-ring (bicyclic) bond motifs is 1. The molecule has 140 valence electrons. The molecular formula is C21H24N4OS. The number of carbonyl (C=O) groups is 1. The molecule has 6 heteroatoms. The number of Topliss-reactive ketones (excluding diaryl/α,β-unsaturated/α-hetero) is 1. The van der Waals surface area contributed by atoms with E-state index in [0.717, 1.165) is 43.2 Å². The molecule has 0 bridgehead atoms. The van der Waals surface area contributed by atoms with E-state index in [0.29, 0.717) is 0 Å². The number of nitrogens with zero attached hydrogens (tertiary/aromatic N) is 4. The van der Waals surface area contributed by atoms with Gasteiger partial charge in [0.2, 0.25) is 0 Å². The Labute approximate surface area is 164 Å². The number of benzene rings is 2. The van der Waals surface area contributed by atoms with E-state index in [1.54, 1.807) is 6.92 Å². The Hall–Kier alpha value is -2.44. The Morgan fingerprint density at radius 3 is 2.22 bits per heavy atom. The summed E-state index contributed by atoms with van der Waals surface area (Å²) < 4.78 is 5.16. The molecule has 1 aromatic heterocycles. The number of imidazole rings is 1. The lowest BCUT2D eigenvalue weighted by Crippen LogP contribution is -2.46. The number of aromatic nitrogens is 2. The van der Waals surface area contributed by atoms with Gasteiger partial charge in [-0.3, -0.25) is 9.69 Å². The lowest BCUT2D eigenvalue weighted by Gasteiger charge is -2.36. The van der Waals surface area contributed by atoms with Gasteiger partial charge in [-0.15, -0.1) is 0 Å². The average molecular weight is 381 g/mol. The summed E-state index contributed by atoms with van der Waals surface area (Å²) in [6.45, 7) is 6.33. The van der Waals surface area contributed by atoms with Gasteiger partial charge in [-0.05, 0) is 55.5 Å². The van der Waals surface area contributed by atoms with Gasteiger partial charge < -0.3 is 14.0 Å². The van der Waals surface area contributed by atoms with Gasteiger partial charge in [-0.1, -0.05) is 12.1 Å². The van der Waals surface area contributed by atoms with E-state index in [2.05, 4.69) is 43.2 Å². The number of ketones is 1. The van der Waals surface area contributed by atoms with Crippen molar-refractivity contribution in [1.29, 1.82) is 0 Å². The standard InChI is InChI=1S/C21H24N4OS/c1-16(26)17-7-9-18(10-8-17)24-13-11-23(12-14-24)15-25-20-6-4-3-5-19(20)22(2)21(25)27/h3-10H,11-15H2,1-2H3. The Morgan fingerprint density at radius 2 is 1.59 bits per heavy atom. The number of piperazine rings is 1. The molecule has 27 heavy (non-hydrogen) atoms. The molecule has 1 fully saturated rings. The second-order valence-corrected chi connectivity index (χ2v) is 7.47. The van der Waals surface area contributed by atoms with Gasteiger partial charge in [0, 0.05) is 44.5 Å². The van der Waals surface area contributed by atoms with Gasteiger partial charge in [0.25, 0.3) is 0 Å². The van der Waals surface area contributed by atoms with E-state index in [1.165, 1.54) is 16.7 Å². The summed E-state index contributed by atoms with van der Waals surface area (Å²) in [7, 11) is 2.03. The Kier molecular flexibility index (Phi) is 4.85. The number of hydrogen-bond acceptors (Lipinski definition) is 4. The first-order chi connectivity index (χ1) is 13.0. The fraction of sp³-hybridized carbons (Fsp3) is 0.333. The zero-order chi connectivity index (χ0) is 19.0. The third-order valence-electron chi connectivity index (χ3n) is 5.40. The van der Waals surface area contributed by atoms with Crippen LogP contribution in [-0.4, -0.2) is 46.0 Å². The van der Waals surface area contributed by atoms with Crippen molar-refractivity contribution in [2.75, 3.05) is 31.1 Å². The summed E-state index contributed by atoms with van der Waals surface area (Å²) in [6, 6.07) is 16.3. The average Bonchev–Trinajstić information content (AvgIpc) is 2.94. The van der Waals surface area contributed by atoms with Gasteiger partial charge in [0.05, 0.1) is 17.7 Å². The van der Waals surface area contributed by atoms with Crippen LogP contribution in [0.4, 0.5) is 5.69 Å². The van der Waals surface area contributed by atoms with Crippen LogP contribution < -0.4 is 4.90 Å². The number of rotatable bonds is 4. The smallest absolute Gasteiger partial charge is 0.181 e. The van der Waals surface area contributed by atoms with E-state index in [-0.39, 0.29) is 5.78 Å². The molecule has 1 aliphatic heterocycles. The minimum Gasteiger partial charge on any atom is -0.369 e. The number of aryl methyl sites for hydroxylation is 1. The normalized spacial score (nSPS) is 15.4. The van der Waals surface area contributed by atoms with Crippen molar-refractivity contribution >= 4 is 34.7 Å². The first-order valence-electron chi connectivity index (χ1n) is 9.27. The van der Waals surface area contributed by atoms with Crippen molar-refractivity contribution in [2.24, 2.45) is 7.05 Å². The van der Waals surface area contributed by atoms with Crippen LogP contribution in [0.5, 0.6) is 0 Å². The predicted octanol–water partition coefficient (Wildman–Crippen LogP) is 3.69. The molecule has 0 N–H and O–H groups in total. The molecule has 4 rings (SSSR count). The quantitative estimate of drug-likeness (QED) is 0.511. The number of para-hydroxylation sites is 2. The largest absolute Gasteiger partial charge is 0.369 e. The second kappa shape index (κ2) is 7.29. The maximum atomic E-state index is 11.4. The lowest BCUT2D eigenvalue weighted by molar-refractivity contribution is 0.101. The molecule has 1 aliphatic rings. The fourth-order valence-electron chi connectivity index (χ4n) is 3.75. The maximum Gasteiger partial charge on any atom is 0.181 e. The topological polar surface area (TPSA) is 33.4 Å². The van der Waals surface area contributed by atoms with Crippen molar-refractivity contribution in [3.63, 3.8) is 0 Å². The summed E-state index contributed by atoms with van der Waals surface area (Å²) in [5.74, 6) is 0.109. The fourth-order valence-corrected chi connectivity index (χ4v) is 4.01. The molecule has 0 spiro atoms. The highest BCUT2D eigenvalue weighted by Crippen LogP contribution is 2.20. The second-order valence-electron chi connectivity index (χ2n) is 7.11. The summed E-state index contributed by atoms with van der Waals surface area (Å²) in [6.07, 6.45) is 0. The third kappa shape index (κ3) is 3.42. The van der Waals surface area contributed by atoms with Crippen LogP contribution in [0.1, 0.15) is 17.3 Å². The molecule has 2 aromatic carbocycles. The van der Waals surface area contributed by atoms with Crippen LogP contribution in [0.25, 0.3) is 11.0 Å².